The predicted molar refractivity (Wildman–Crippen MR) is 78.9 cm³/mol. The highest BCUT2D eigenvalue weighted by Gasteiger charge is 2.27. The summed E-state index contributed by atoms with van der Waals surface area (Å²) in [4.78, 5) is 12.2. The standard InChI is InChI=1S/C15H24N2O2/c1-10(2)13(14(18)19-15(3,4)5)17-12-8-6-11(16)7-9-12/h6-10,13,17H,16H2,1-5H3/t13-/m0/s1. The number of nitrogens with one attached hydrogen (secondary N) is 1. The van der Waals surface area contributed by atoms with Gasteiger partial charge in [-0.2, -0.15) is 0 Å². The Morgan fingerprint density at radius 1 is 1.21 bits per heavy atom. The number of nitrogen functional groups attached to an aromatic ring is 1. The van der Waals surface area contributed by atoms with E-state index in [9.17, 15) is 4.79 Å². The van der Waals surface area contributed by atoms with Crippen molar-refractivity contribution in [3.8, 4) is 0 Å². The van der Waals surface area contributed by atoms with Gasteiger partial charge in [0.15, 0.2) is 0 Å². The number of rotatable bonds is 4. The van der Waals surface area contributed by atoms with Crippen molar-refractivity contribution in [2.75, 3.05) is 11.1 Å². The van der Waals surface area contributed by atoms with Crippen LogP contribution in [0.1, 0.15) is 34.6 Å². The van der Waals surface area contributed by atoms with Crippen molar-refractivity contribution in [2.24, 2.45) is 5.92 Å². The summed E-state index contributed by atoms with van der Waals surface area (Å²) in [5, 5.41) is 3.20. The number of carbonyl (C=O) groups excluding carboxylic acids is 1. The van der Waals surface area contributed by atoms with Crippen LogP contribution >= 0.6 is 0 Å². The molecule has 0 heterocycles. The summed E-state index contributed by atoms with van der Waals surface area (Å²) in [5.74, 6) is -0.105. The molecule has 0 aliphatic rings. The molecule has 0 amide bonds. The van der Waals surface area contributed by atoms with E-state index in [1.165, 1.54) is 0 Å². The molecular weight excluding hydrogens is 240 g/mol. The quantitative estimate of drug-likeness (QED) is 0.648. The van der Waals surface area contributed by atoms with Gasteiger partial charge in [-0.05, 0) is 51.0 Å². The summed E-state index contributed by atoms with van der Waals surface area (Å²) in [6.45, 7) is 9.57. The van der Waals surface area contributed by atoms with Gasteiger partial charge >= 0.3 is 5.97 Å². The summed E-state index contributed by atoms with van der Waals surface area (Å²) >= 11 is 0. The second kappa shape index (κ2) is 5.95. The van der Waals surface area contributed by atoms with Crippen LogP contribution in [0.4, 0.5) is 11.4 Å². The van der Waals surface area contributed by atoms with Gasteiger partial charge in [0.1, 0.15) is 11.6 Å². The first-order valence-corrected chi connectivity index (χ1v) is 6.54. The molecule has 0 fully saturated rings. The number of benzene rings is 1. The maximum Gasteiger partial charge on any atom is 0.329 e. The zero-order valence-electron chi connectivity index (χ0n) is 12.4. The molecule has 4 nitrogen and oxygen atoms in total. The largest absolute Gasteiger partial charge is 0.458 e. The molecule has 1 aromatic rings. The van der Waals surface area contributed by atoms with Crippen molar-refractivity contribution >= 4 is 17.3 Å². The first-order valence-electron chi connectivity index (χ1n) is 6.54. The average molecular weight is 264 g/mol. The van der Waals surface area contributed by atoms with E-state index in [0.717, 1.165) is 5.69 Å². The van der Waals surface area contributed by atoms with Gasteiger partial charge in [-0.3, -0.25) is 0 Å². The fourth-order valence-electron chi connectivity index (χ4n) is 1.62. The first-order chi connectivity index (χ1) is 8.69. The van der Waals surface area contributed by atoms with E-state index in [1.807, 2.05) is 46.8 Å². The molecule has 0 aliphatic carbocycles. The second-order valence-electron chi connectivity index (χ2n) is 6.02. The van der Waals surface area contributed by atoms with Crippen LogP contribution < -0.4 is 11.1 Å². The number of carbonyl (C=O) groups is 1. The topological polar surface area (TPSA) is 64.3 Å². The molecule has 0 aromatic heterocycles. The molecule has 1 rings (SSSR count). The Bertz CT molecular complexity index is 419. The van der Waals surface area contributed by atoms with E-state index in [-0.39, 0.29) is 17.9 Å². The van der Waals surface area contributed by atoms with Gasteiger partial charge < -0.3 is 15.8 Å². The van der Waals surface area contributed by atoms with Crippen molar-refractivity contribution in [1.29, 1.82) is 0 Å². The highest BCUT2D eigenvalue weighted by molar-refractivity contribution is 5.80. The highest BCUT2D eigenvalue weighted by atomic mass is 16.6. The molecule has 106 valence electrons. The number of esters is 1. The van der Waals surface area contributed by atoms with E-state index < -0.39 is 5.60 Å². The SMILES string of the molecule is CC(C)[C@H](Nc1ccc(N)cc1)C(=O)OC(C)(C)C. The molecule has 4 heteroatoms. The predicted octanol–water partition coefficient (Wildman–Crippen LogP) is 3.05. The van der Waals surface area contributed by atoms with Crippen molar-refractivity contribution in [1.82, 2.24) is 0 Å². The molecule has 19 heavy (non-hydrogen) atoms. The van der Waals surface area contributed by atoms with Gasteiger partial charge in [0.25, 0.3) is 0 Å². The smallest absolute Gasteiger partial charge is 0.329 e. The Morgan fingerprint density at radius 3 is 2.16 bits per heavy atom. The molecule has 0 saturated heterocycles. The number of ether oxygens (including phenoxy) is 1. The molecule has 0 bridgehead atoms. The van der Waals surface area contributed by atoms with Crippen molar-refractivity contribution in [3.05, 3.63) is 24.3 Å². The Kier molecular flexibility index (Phi) is 4.81. The molecule has 0 radical (unpaired) electrons. The maximum absolute atomic E-state index is 12.2. The highest BCUT2D eigenvalue weighted by Crippen LogP contribution is 2.18. The lowest BCUT2D eigenvalue weighted by Gasteiger charge is -2.27. The Balaban J connectivity index is 2.78. The Hall–Kier alpha value is -1.71. The van der Waals surface area contributed by atoms with Crippen LogP contribution in [0.25, 0.3) is 0 Å². The molecular formula is C15H24N2O2. The number of hydrogen-bond acceptors (Lipinski definition) is 4. The number of nitrogens with two attached hydrogens (primary N) is 1. The zero-order valence-corrected chi connectivity index (χ0v) is 12.4. The lowest BCUT2D eigenvalue weighted by Crippen LogP contribution is -2.39. The number of hydrogen-bond donors (Lipinski definition) is 2. The third-order valence-corrected chi connectivity index (χ3v) is 2.56. The van der Waals surface area contributed by atoms with Crippen molar-refractivity contribution in [3.63, 3.8) is 0 Å². The van der Waals surface area contributed by atoms with Crippen LogP contribution in [0.5, 0.6) is 0 Å². The minimum Gasteiger partial charge on any atom is -0.458 e. The molecule has 0 saturated carbocycles. The summed E-state index contributed by atoms with van der Waals surface area (Å²) in [6.07, 6.45) is 0. The van der Waals surface area contributed by atoms with Crippen LogP contribution in [0, 0.1) is 5.92 Å². The normalized spacial score (nSPS) is 13.2. The van der Waals surface area contributed by atoms with E-state index in [1.54, 1.807) is 12.1 Å². The van der Waals surface area contributed by atoms with Gasteiger partial charge in [0, 0.05) is 11.4 Å². The average Bonchev–Trinajstić information content (AvgIpc) is 2.25. The minimum atomic E-state index is -0.479. The summed E-state index contributed by atoms with van der Waals surface area (Å²) in [6, 6.07) is 6.94. The summed E-state index contributed by atoms with van der Waals surface area (Å²) in [7, 11) is 0. The molecule has 3 N–H and O–H groups in total. The molecule has 1 aromatic carbocycles. The number of anilines is 2. The second-order valence-corrected chi connectivity index (χ2v) is 6.02. The maximum atomic E-state index is 12.2. The van der Waals surface area contributed by atoms with E-state index >= 15 is 0 Å². The van der Waals surface area contributed by atoms with Gasteiger partial charge in [0.2, 0.25) is 0 Å². The first kappa shape index (κ1) is 15.3. The minimum absolute atomic E-state index is 0.132. The third kappa shape index (κ3) is 5.20. The van der Waals surface area contributed by atoms with Crippen LogP contribution in [0.2, 0.25) is 0 Å². The van der Waals surface area contributed by atoms with Gasteiger partial charge in [-0.15, -0.1) is 0 Å². The lowest BCUT2D eigenvalue weighted by molar-refractivity contribution is -0.156. The van der Waals surface area contributed by atoms with E-state index in [4.69, 9.17) is 10.5 Å². The Morgan fingerprint density at radius 2 is 1.74 bits per heavy atom. The monoisotopic (exact) mass is 264 g/mol. The molecule has 0 unspecified atom stereocenters. The van der Waals surface area contributed by atoms with Crippen molar-refractivity contribution in [2.45, 2.75) is 46.3 Å². The third-order valence-electron chi connectivity index (χ3n) is 2.56. The van der Waals surface area contributed by atoms with E-state index in [2.05, 4.69) is 5.32 Å². The van der Waals surface area contributed by atoms with Gasteiger partial charge in [-0.1, -0.05) is 13.8 Å². The molecule has 1 atom stereocenters. The van der Waals surface area contributed by atoms with Crippen LogP contribution in [-0.2, 0) is 9.53 Å². The van der Waals surface area contributed by atoms with Crippen LogP contribution in [0.15, 0.2) is 24.3 Å². The lowest BCUT2D eigenvalue weighted by atomic mass is 10.0. The molecule has 0 aliphatic heterocycles. The van der Waals surface area contributed by atoms with Crippen molar-refractivity contribution < 1.29 is 9.53 Å². The summed E-state index contributed by atoms with van der Waals surface area (Å²) < 4.78 is 5.43. The van der Waals surface area contributed by atoms with Gasteiger partial charge in [0.05, 0.1) is 0 Å². The summed E-state index contributed by atoms with van der Waals surface area (Å²) in [5.41, 5.74) is 6.72. The Labute approximate surface area is 115 Å². The van der Waals surface area contributed by atoms with Crippen LogP contribution in [0.3, 0.4) is 0 Å². The fraction of sp³-hybridized carbons (Fsp3) is 0.533. The zero-order chi connectivity index (χ0) is 14.6. The van der Waals surface area contributed by atoms with E-state index in [0.29, 0.717) is 5.69 Å². The molecule has 0 spiro atoms. The van der Waals surface area contributed by atoms with Gasteiger partial charge in [-0.25, -0.2) is 4.79 Å². The van der Waals surface area contributed by atoms with Crippen LogP contribution in [-0.4, -0.2) is 17.6 Å². The fourth-order valence-corrected chi connectivity index (χ4v) is 1.62.